The lowest BCUT2D eigenvalue weighted by molar-refractivity contribution is 0.197. The summed E-state index contributed by atoms with van der Waals surface area (Å²) in [5, 5.41) is 9.41. The van der Waals surface area contributed by atoms with E-state index < -0.39 is 10.0 Å². The second-order valence-electron chi connectivity index (χ2n) is 5.05. The maximum atomic E-state index is 12.5. The smallest absolute Gasteiger partial charge is 0.243 e. The van der Waals surface area contributed by atoms with Gasteiger partial charge < -0.3 is 10.0 Å². The molecule has 2 rings (SSSR count). The molecule has 106 valence electrons. The molecule has 1 fully saturated rings. The largest absolute Gasteiger partial charge is 0.508 e. The number of aromatic hydroxyl groups is 1. The van der Waals surface area contributed by atoms with Crippen molar-refractivity contribution in [3.8, 4) is 5.75 Å². The van der Waals surface area contributed by atoms with Crippen LogP contribution in [-0.2, 0) is 10.0 Å². The number of hydrogen-bond donors (Lipinski definition) is 1. The maximum Gasteiger partial charge on any atom is 0.243 e. The topological polar surface area (TPSA) is 60.9 Å². The third-order valence-electron chi connectivity index (χ3n) is 3.70. The van der Waals surface area contributed by atoms with E-state index in [4.69, 9.17) is 0 Å². The van der Waals surface area contributed by atoms with E-state index in [2.05, 4.69) is 4.90 Å². The summed E-state index contributed by atoms with van der Waals surface area (Å²) in [6, 6.07) is 5.85. The molecule has 5 nitrogen and oxygen atoms in total. The number of phenols is 1. The van der Waals surface area contributed by atoms with Crippen LogP contribution < -0.4 is 0 Å². The predicted molar refractivity (Wildman–Crippen MR) is 73.6 cm³/mol. The molecule has 0 bridgehead atoms. The summed E-state index contributed by atoms with van der Waals surface area (Å²) in [6.45, 7) is 1.81. The first-order valence-electron chi connectivity index (χ1n) is 6.37. The van der Waals surface area contributed by atoms with Gasteiger partial charge in [-0.25, -0.2) is 8.42 Å². The zero-order chi connectivity index (χ0) is 14.0. The van der Waals surface area contributed by atoms with E-state index in [-0.39, 0.29) is 16.7 Å². The highest BCUT2D eigenvalue weighted by Crippen LogP contribution is 2.24. The molecule has 0 unspecified atom stereocenters. The predicted octanol–water partition coefficient (Wildman–Crippen LogP) is 1.11. The summed E-state index contributed by atoms with van der Waals surface area (Å²) in [4.78, 5) is 2.35. The molecule has 19 heavy (non-hydrogen) atoms. The fourth-order valence-corrected chi connectivity index (χ4v) is 3.82. The van der Waals surface area contributed by atoms with Crippen molar-refractivity contribution in [2.24, 2.45) is 0 Å². The van der Waals surface area contributed by atoms with Gasteiger partial charge in [-0.15, -0.1) is 0 Å². The van der Waals surface area contributed by atoms with Crippen molar-refractivity contribution in [1.29, 1.82) is 0 Å². The SMILES string of the molecule is CN1CCC(N(C)S(=O)(=O)c2cccc(O)c2)CC1. The minimum Gasteiger partial charge on any atom is -0.508 e. The summed E-state index contributed by atoms with van der Waals surface area (Å²) in [6.07, 6.45) is 1.68. The Labute approximate surface area is 114 Å². The lowest BCUT2D eigenvalue weighted by atomic mass is 10.1. The van der Waals surface area contributed by atoms with E-state index in [1.807, 2.05) is 7.05 Å². The first-order chi connectivity index (χ1) is 8.91. The summed E-state index contributed by atoms with van der Waals surface area (Å²) >= 11 is 0. The fraction of sp³-hybridized carbons (Fsp3) is 0.538. The molecule has 1 aromatic carbocycles. The van der Waals surface area contributed by atoms with Crippen LogP contribution in [0.1, 0.15) is 12.8 Å². The number of hydrogen-bond acceptors (Lipinski definition) is 4. The third-order valence-corrected chi connectivity index (χ3v) is 5.60. The van der Waals surface area contributed by atoms with Crippen molar-refractivity contribution in [1.82, 2.24) is 9.21 Å². The van der Waals surface area contributed by atoms with Gasteiger partial charge in [0.05, 0.1) is 4.90 Å². The van der Waals surface area contributed by atoms with Crippen LogP contribution in [0, 0.1) is 0 Å². The van der Waals surface area contributed by atoms with Crippen LogP contribution in [-0.4, -0.2) is 56.0 Å². The van der Waals surface area contributed by atoms with Crippen molar-refractivity contribution in [2.75, 3.05) is 27.2 Å². The van der Waals surface area contributed by atoms with Gasteiger partial charge in [0.15, 0.2) is 0 Å². The standard InChI is InChI=1S/C13H20N2O3S/c1-14-8-6-11(7-9-14)15(2)19(17,18)13-5-3-4-12(16)10-13/h3-5,10-11,16H,6-9H2,1-2H3. The number of sulfonamides is 1. The molecule has 0 radical (unpaired) electrons. The molecule has 6 heteroatoms. The first kappa shape index (κ1) is 14.3. The number of rotatable bonds is 3. The molecule has 1 aromatic rings. The van der Waals surface area contributed by atoms with Gasteiger partial charge in [-0.1, -0.05) is 6.07 Å². The molecule has 1 N–H and O–H groups in total. The number of benzene rings is 1. The van der Waals surface area contributed by atoms with Crippen molar-refractivity contribution < 1.29 is 13.5 Å². The van der Waals surface area contributed by atoms with Crippen LogP contribution in [0.2, 0.25) is 0 Å². The molecule has 0 amide bonds. The number of nitrogens with zero attached hydrogens (tertiary/aromatic N) is 2. The van der Waals surface area contributed by atoms with Gasteiger partial charge in [0.25, 0.3) is 0 Å². The van der Waals surface area contributed by atoms with Crippen LogP contribution in [0.25, 0.3) is 0 Å². The molecule has 0 aromatic heterocycles. The minimum atomic E-state index is -3.52. The second kappa shape index (κ2) is 5.48. The average molecular weight is 284 g/mol. The molecule has 1 saturated heterocycles. The highest BCUT2D eigenvalue weighted by molar-refractivity contribution is 7.89. The Morgan fingerprint density at radius 2 is 1.95 bits per heavy atom. The van der Waals surface area contributed by atoms with Gasteiger partial charge in [0.2, 0.25) is 10.0 Å². The Hall–Kier alpha value is -1.11. The molecule has 0 spiro atoms. The Bertz CT molecular complexity index is 537. The van der Waals surface area contributed by atoms with Gasteiger partial charge in [-0.2, -0.15) is 4.31 Å². The van der Waals surface area contributed by atoms with Gasteiger partial charge >= 0.3 is 0 Å². The molecular formula is C13H20N2O3S. The zero-order valence-corrected chi connectivity index (χ0v) is 12.1. The normalized spacial score (nSPS) is 18.9. The van der Waals surface area contributed by atoms with Gasteiger partial charge in [0, 0.05) is 13.1 Å². The summed E-state index contributed by atoms with van der Waals surface area (Å²) < 4.78 is 26.4. The monoisotopic (exact) mass is 284 g/mol. The minimum absolute atomic E-state index is 0.0298. The molecule has 1 aliphatic heterocycles. The first-order valence-corrected chi connectivity index (χ1v) is 7.81. The fourth-order valence-electron chi connectivity index (χ4n) is 2.37. The molecule has 0 saturated carbocycles. The highest BCUT2D eigenvalue weighted by Gasteiger charge is 2.30. The van der Waals surface area contributed by atoms with Crippen LogP contribution in [0.3, 0.4) is 0 Å². The molecule has 1 aliphatic rings. The van der Waals surface area contributed by atoms with Gasteiger partial charge in [-0.05, 0) is 51.2 Å². The quantitative estimate of drug-likeness (QED) is 0.903. The van der Waals surface area contributed by atoms with Crippen molar-refractivity contribution >= 4 is 10.0 Å². The number of likely N-dealkylation sites (tertiary alicyclic amines) is 1. The number of phenolic OH excluding ortho intramolecular Hbond substituents is 1. The van der Waals surface area contributed by atoms with Crippen molar-refractivity contribution in [2.45, 2.75) is 23.8 Å². The summed E-state index contributed by atoms with van der Waals surface area (Å²) in [5.74, 6) is -0.0298. The van der Waals surface area contributed by atoms with E-state index in [0.29, 0.717) is 0 Å². The maximum absolute atomic E-state index is 12.5. The summed E-state index contributed by atoms with van der Waals surface area (Å²) in [7, 11) is 0.138. The van der Waals surface area contributed by atoms with Crippen LogP contribution in [0.4, 0.5) is 0 Å². The van der Waals surface area contributed by atoms with E-state index in [1.165, 1.54) is 22.5 Å². The molecular weight excluding hydrogens is 264 g/mol. The van der Waals surface area contributed by atoms with Crippen molar-refractivity contribution in [3.05, 3.63) is 24.3 Å². The Balaban J connectivity index is 2.20. The van der Waals surface area contributed by atoms with Crippen molar-refractivity contribution in [3.63, 3.8) is 0 Å². The number of piperidine rings is 1. The van der Waals surface area contributed by atoms with Crippen LogP contribution >= 0.6 is 0 Å². The average Bonchev–Trinajstić information content (AvgIpc) is 2.39. The van der Waals surface area contributed by atoms with Gasteiger partial charge in [-0.3, -0.25) is 0 Å². The lowest BCUT2D eigenvalue weighted by Crippen LogP contribution is -2.44. The molecule has 0 aliphatic carbocycles. The molecule has 1 heterocycles. The summed E-state index contributed by atoms with van der Waals surface area (Å²) in [5.41, 5.74) is 0. The van der Waals surface area contributed by atoms with E-state index in [9.17, 15) is 13.5 Å². The molecule has 0 atom stereocenters. The van der Waals surface area contributed by atoms with Crippen LogP contribution in [0.15, 0.2) is 29.2 Å². The Morgan fingerprint density at radius 3 is 2.53 bits per heavy atom. The van der Waals surface area contributed by atoms with Crippen LogP contribution in [0.5, 0.6) is 5.75 Å². The van der Waals surface area contributed by atoms with E-state index in [0.717, 1.165) is 25.9 Å². The van der Waals surface area contributed by atoms with Gasteiger partial charge in [0.1, 0.15) is 5.75 Å². The Morgan fingerprint density at radius 1 is 1.32 bits per heavy atom. The lowest BCUT2D eigenvalue weighted by Gasteiger charge is -2.34. The second-order valence-corrected chi connectivity index (χ2v) is 7.05. The highest BCUT2D eigenvalue weighted by atomic mass is 32.2. The zero-order valence-electron chi connectivity index (χ0n) is 11.3. The van der Waals surface area contributed by atoms with E-state index >= 15 is 0 Å². The van der Waals surface area contributed by atoms with E-state index in [1.54, 1.807) is 13.1 Å². The Kier molecular flexibility index (Phi) is 4.13. The third kappa shape index (κ3) is 3.08.